The predicted octanol–water partition coefficient (Wildman–Crippen LogP) is 3.92. The van der Waals surface area contributed by atoms with Gasteiger partial charge in [0, 0.05) is 23.9 Å². The van der Waals surface area contributed by atoms with Crippen molar-refractivity contribution in [3.8, 4) is 0 Å². The number of hydrogen-bond acceptors (Lipinski definition) is 4. The van der Waals surface area contributed by atoms with Crippen LogP contribution in [0.5, 0.6) is 0 Å². The van der Waals surface area contributed by atoms with Crippen molar-refractivity contribution >= 4 is 50.6 Å². The van der Waals surface area contributed by atoms with Gasteiger partial charge in [-0.15, -0.1) is 0 Å². The molecule has 1 aliphatic rings. The van der Waals surface area contributed by atoms with Gasteiger partial charge in [-0.3, -0.25) is 9.78 Å². The monoisotopic (exact) mass is 352 g/mol. The molecule has 2 aromatic heterocycles. The van der Waals surface area contributed by atoms with Crippen molar-refractivity contribution in [2.24, 2.45) is 0 Å². The van der Waals surface area contributed by atoms with Crippen molar-refractivity contribution in [3.05, 3.63) is 33.6 Å². The fourth-order valence-corrected chi connectivity index (χ4v) is 3.54. The van der Waals surface area contributed by atoms with Gasteiger partial charge in [0.1, 0.15) is 5.76 Å². The molecule has 0 aromatic carbocycles. The van der Waals surface area contributed by atoms with Gasteiger partial charge in [0.25, 0.3) is 5.91 Å². The number of carbonyl (C=O) groups is 1. The smallest absolute Gasteiger partial charge is 0.258 e. The van der Waals surface area contributed by atoms with E-state index in [9.17, 15) is 4.79 Å². The van der Waals surface area contributed by atoms with Gasteiger partial charge in [-0.2, -0.15) is 0 Å². The summed E-state index contributed by atoms with van der Waals surface area (Å²) in [5, 5.41) is 3.90. The van der Waals surface area contributed by atoms with Gasteiger partial charge in [0.15, 0.2) is 5.58 Å². The molecule has 0 radical (unpaired) electrons. The van der Waals surface area contributed by atoms with E-state index in [1.807, 2.05) is 13.0 Å². The van der Waals surface area contributed by atoms with Crippen molar-refractivity contribution in [1.29, 1.82) is 0 Å². The van der Waals surface area contributed by atoms with Crippen molar-refractivity contribution in [2.45, 2.75) is 25.1 Å². The van der Waals surface area contributed by atoms with Gasteiger partial charge in [-0.25, -0.2) is 0 Å². The molecular formula is C14H13BrN2O2S. The first kappa shape index (κ1) is 13.7. The zero-order chi connectivity index (χ0) is 14.3. The summed E-state index contributed by atoms with van der Waals surface area (Å²) in [6.45, 7) is 4.08. The van der Waals surface area contributed by atoms with Crippen molar-refractivity contribution < 1.29 is 9.21 Å². The maximum atomic E-state index is 12.0. The number of hydrogen-bond donors (Lipinski definition) is 1. The second kappa shape index (κ2) is 4.93. The minimum atomic E-state index is -0.225. The van der Waals surface area contributed by atoms with Gasteiger partial charge in [-0.05, 0) is 35.3 Å². The predicted molar refractivity (Wildman–Crippen MR) is 84.1 cm³/mol. The molecule has 3 heterocycles. The molecule has 20 heavy (non-hydrogen) atoms. The van der Waals surface area contributed by atoms with Crippen LogP contribution >= 0.6 is 27.7 Å². The summed E-state index contributed by atoms with van der Waals surface area (Å²) >= 11 is 4.95. The van der Waals surface area contributed by atoms with Gasteiger partial charge >= 0.3 is 0 Å². The van der Waals surface area contributed by atoms with Crippen LogP contribution in [0, 0.1) is 0 Å². The Hall–Kier alpha value is -1.27. The number of halogens is 1. The van der Waals surface area contributed by atoms with E-state index < -0.39 is 0 Å². The highest BCUT2D eigenvalue weighted by atomic mass is 79.9. The Kier molecular flexibility index (Phi) is 3.38. The highest BCUT2D eigenvalue weighted by Gasteiger charge is 2.36. The average molecular weight is 353 g/mol. The lowest BCUT2D eigenvalue weighted by atomic mass is 10.2. The first-order valence-electron chi connectivity index (χ1n) is 6.27. The van der Waals surface area contributed by atoms with Crippen LogP contribution in [0.2, 0.25) is 0 Å². The number of nitrogens with one attached hydrogen (secondary N) is 1. The topological polar surface area (TPSA) is 55.1 Å². The van der Waals surface area contributed by atoms with Crippen molar-refractivity contribution in [2.75, 3.05) is 0 Å². The highest BCUT2D eigenvalue weighted by molar-refractivity contribution is 9.10. The van der Waals surface area contributed by atoms with E-state index in [0.29, 0.717) is 10.7 Å². The van der Waals surface area contributed by atoms with E-state index in [0.717, 1.165) is 21.9 Å². The van der Waals surface area contributed by atoms with Crippen LogP contribution in [0.3, 0.4) is 0 Å². The van der Waals surface area contributed by atoms with E-state index in [1.54, 1.807) is 30.2 Å². The quantitative estimate of drug-likeness (QED) is 0.832. The number of furan rings is 1. The van der Waals surface area contributed by atoms with Gasteiger partial charge < -0.3 is 9.73 Å². The molecule has 0 saturated carbocycles. The van der Waals surface area contributed by atoms with Crippen LogP contribution in [-0.2, 0) is 4.79 Å². The lowest BCUT2D eigenvalue weighted by Crippen LogP contribution is -2.35. The summed E-state index contributed by atoms with van der Waals surface area (Å²) < 4.78 is 6.56. The summed E-state index contributed by atoms with van der Waals surface area (Å²) in [5.74, 6) is 0.615. The Morgan fingerprint density at radius 1 is 1.55 bits per heavy atom. The van der Waals surface area contributed by atoms with Gasteiger partial charge in [0.2, 0.25) is 0 Å². The second-order valence-corrected chi connectivity index (χ2v) is 7.24. The van der Waals surface area contributed by atoms with E-state index in [-0.39, 0.29) is 10.8 Å². The summed E-state index contributed by atoms with van der Waals surface area (Å²) in [5.41, 5.74) is 0.744. The zero-order valence-corrected chi connectivity index (χ0v) is 13.5. The molecule has 3 rings (SSSR count). The molecule has 0 spiro atoms. The minimum absolute atomic E-state index is 0.0444. The Labute approximate surface area is 129 Å². The lowest BCUT2D eigenvalue weighted by Gasteiger charge is -2.19. The third-order valence-electron chi connectivity index (χ3n) is 3.28. The minimum Gasteiger partial charge on any atom is -0.455 e. The first-order valence-corrected chi connectivity index (χ1v) is 7.88. The van der Waals surface area contributed by atoms with Gasteiger partial charge in [0.05, 0.1) is 14.2 Å². The molecule has 2 aromatic rings. The molecule has 0 bridgehead atoms. The SMILES string of the molecule is CCC1(C)NC(=O)/C(=C/c2cc3cncc(Br)c3o2)S1. The number of amides is 1. The third kappa shape index (κ3) is 2.38. The molecule has 0 aliphatic carbocycles. The fraction of sp³-hybridized carbons (Fsp3) is 0.286. The third-order valence-corrected chi connectivity index (χ3v) is 5.21. The fourth-order valence-electron chi connectivity index (χ4n) is 2.02. The molecule has 4 nitrogen and oxygen atoms in total. The lowest BCUT2D eigenvalue weighted by molar-refractivity contribution is -0.117. The van der Waals surface area contributed by atoms with Crippen LogP contribution in [0.25, 0.3) is 17.0 Å². The second-order valence-electron chi connectivity index (χ2n) is 4.84. The molecule has 1 N–H and O–H groups in total. The molecule has 104 valence electrons. The summed E-state index contributed by atoms with van der Waals surface area (Å²) in [4.78, 5) is 16.5. The molecule has 6 heteroatoms. The average Bonchev–Trinajstić information content (AvgIpc) is 2.93. The first-order chi connectivity index (χ1) is 9.50. The Morgan fingerprint density at radius 2 is 2.35 bits per heavy atom. The molecule has 1 saturated heterocycles. The van der Waals surface area contributed by atoms with Crippen LogP contribution in [0.4, 0.5) is 0 Å². The zero-order valence-electron chi connectivity index (χ0n) is 11.1. The number of pyridine rings is 1. The number of aromatic nitrogens is 1. The largest absolute Gasteiger partial charge is 0.455 e. The molecule has 1 atom stereocenters. The van der Waals surface area contributed by atoms with Crippen LogP contribution in [0.15, 0.2) is 32.3 Å². The number of thioether (sulfide) groups is 1. The molecule has 1 fully saturated rings. The number of rotatable bonds is 2. The Morgan fingerprint density at radius 3 is 3.00 bits per heavy atom. The standard InChI is InChI=1S/C14H13BrN2O2S/c1-3-14(2)17-13(18)11(20-14)5-9-4-8-6-16-7-10(15)12(8)19-9/h4-7H,3H2,1-2H3,(H,17,18)/b11-5-. The molecule has 1 unspecified atom stereocenters. The normalized spacial score (nSPS) is 24.6. The molecule has 1 aliphatic heterocycles. The van der Waals surface area contributed by atoms with E-state index in [2.05, 4.69) is 33.2 Å². The van der Waals surface area contributed by atoms with E-state index >= 15 is 0 Å². The maximum absolute atomic E-state index is 12.0. The van der Waals surface area contributed by atoms with Crippen LogP contribution < -0.4 is 5.32 Å². The number of nitrogens with zero attached hydrogens (tertiary/aromatic N) is 1. The van der Waals surface area contributed by atoms with Crippen LogP contribution in [0.1, 0.15) is 26.0 Å². The van der Waals surface area contributed by atoms with E-state index in [1.165, 1.54) is 0 Å². The van der Waals surface area contributed by atoms with Gasteiger partial charge in [-0.1, -0.05) is 18.7 Å². The number of fused-ring (bicyclic) bond motifs is 1. The highest BCUT2D eigenvalue weighted by Crippen LogP contribution is 2.40. The Balaban J connectivity index is 1.98. The summed E-state index contributed by atoms with van der Waals surface area (Å²) in [6, 6.07) is 1.88. The summed E-state index contributed by atoms with van der Waals surface area (Å²) in [7, 11) is 0. The Bertz CT molecular complexity index is 725. The summed E-state index contributed by atoms with van der Waals surface area (Å²) in [6.07, 6.45) is 6.08. The number of carbonyl (C=O) groups excluding carboxylic acids is 1. The van der Waals surface area contributed by atoms with Crippen LogP contribution in [-0.4, -0.2) is 15.8 Å². The van der Waals surface area contributed by atoms with Crippen molar-refractivity contribution in [1.82, 2.24) is 10.3 Å². The molecular weight excluding hydrogens is 340 g/mol. The molecule has 1 amide bonds. The maximum Gasteiger partial charge on any atom is 0.258 e. The van der Waals surface area contributed by atoms with E-state index in [4.69, 9.17) is 4.42 Å². The van der Waals surface area contributed by atoms with Crippen molar-refractivity contribution in [3.63, 3.8) is 0 Å².